The number of hydrogen-bond acceptors (Lipinski definition) is 2. The topological polar surface area (TPSA) is 22.1 Å². The summed E-state index contributed by atoms with van der Waals surface area (Å²) in [4.78, 5) is 4.29. The Morgan fingerprint density at radius 1 is 1.12 bits per heavy atom. The first-order valence-corrected chi connectivity index (χ1v) is 7.32. The van der Waals surface area contributed by atoms with E-state index in [1.807, 2.05) is 6.07 Å². The zero-order valence-electron chi connectivity index (χ0n) is 9.09. The molecule has 0 aromatic carbocycles. The van der Waals surface area contributed by atoms with Crippen LogP contribution in [0.2, 0.25) is 0 Å². The van der Waals surface area contributed by atoms with E-state index in [4.69, 9.17) is 4.74 Å². The summed E-state index contributed by atoms with van der Waals surface area (Å²) < 4.78 is 7.83. The van der Waals surface area contributed by atoms with Crippen LogP contribution in [0.1, 0.15) is 38.5 Å². The summed E-state index contributed by atoms with van der Waals surface area (Å²) in [5, 5.41) is 0. The van der Waals surface area contributed by atoms with E-state index in [1.54, 1.807) is 6.20 Å². The third-order valence-corrected chi connectivity index (χ3v) is 3.86. The fraction of sp³-hybridized carbons (Fsp3) is 0.583. The maximum absolute atomic E-state index is 5.94. The van der Waals surface area contributed by atoms with Gasteiger partial charge >= 0.3 is 0 Å². The molecular weight excluding hydrogens is 334 g/mol. The second kappa shape index (κ2) is 6.01. The molecule has 0 N–H and O–H groups in total. The average molecular weight is 349 g/mol. The van der Waals surface area contributed by atoms with Gasteiger partial charge in [-0.1, -0.05) is 12.8 Å². The first-order chi connectivity index (χ1) is 7.75. The highest BCUT2D eigenvalue weighted by Crippen LogP contribution is 2.28. The van der Waals surface area contributed by atoms with Crippen LogP contribution in [0.15, 0.2) is 21.2 Å². The number of hydrogen-bond donors (Lipinski definition) is 0. The highest BCUT2D eigenvalue weighted by Gasteiger charge is 2.15. The summed E-state index contributed by atoms with van der Waals surface area (Å²) in [5.41, 5.74) is 0. The summed E-state index contributed by atoms with van der Waals surface area (Å²) in [5.74, 6) is 0.718. The summed E-state index contributed by atoms with van der Waals surface area (Å²) >= 11 is 6.86. The van der Waals surface area contributed by atoms with Crippen molar-refractivity contribution in [2.45, 2.75) is 44.6 Å². The molecule has 0 spiro atoms. The molecule has 0 unspecified atom stereocenters. The Kier molecular flexibility index (Phi) is 4.65. The lowest BCUT2D eigenvalue weighted by Gasteiger charge is -2.16. The van der Waals surface area contributed by atoms with E-state index in [-0.39, 0.29) is 0 Å². The lowest BCUT2D eigenvalue weighted by atomic mass is 10.1. The number of aromatic nitrogens is 1. The van der Waals surface area contributed by atoms with Crippen molar-refractivity contribution >= 4 is 31.9 Å². The molecule has 1 aliphatic rings. The van der Waals surface area contributed by atoms with E-state index in [0.29, 0.717) is 6.10 Å². The number of rotatable bonds is 2. The predicted molar refractivity (Wildman–Crippen MR) is 71.8 cm³/mol. The van der Waals surface area contributed by atoms with Crippen LogP contribution in [-0.4, -0.2) is 11.1 Å². The Balaban J connectivity index is 2.01. The Morgan fingerprint density at radius 2 is 1.81 bits per heavy atom. The molecule has 1 aromatic heterocycles. The number of halogens is 2. The SMILES string of the molecule is Brc1cnc(OC2CCCCCC2)c(Br)c1. The quantitative estimate of drug-likeness (QED) is 0.722. The van der Waals surface area contributed by atoms with E-state index < -0.39 is 0 Å². The van der Waals surface area contributed by atoms with Gasteiger partial charge in [-0.25, -0.2) is 4.98 Å². The van der Waals surface area contributed by atoms with Gasteiger partial charge in [0.25, 0.3) is 0 Å². The summed E-state index contributed by atoms with van der Waals surface area (Å²) in [7, 11) is 0. The molecule has 2 nitrogen and oxygen atoms in total. The third kappa shape index (κ3) is 3.45. The lowest BCUT2D eigenvalue weighted by molar-refractivity contribution is 0.175. The molecule has 16 heavy (non-hydrogen) atoms. The van der Waals surface area contributed by atoms with Crippen molar-refractivity contribution in [3.05, 3.63) is 21.2 Å². The minimum absolute atomic E-state index is 0.340. The Labute approximate surface area is 113 Å². The third-order valence-electron chi connectivity index (χ3n) is 2.85. The lowest BCUT2D eigenvalue weighted by Crippen LogP contribution is -2.16. The zero-order chi connectivity index (χ0) is 11.4. The largest absolute Gasteiger partial charge is 0.474 e. The molecule has 0 radical (unpaired) electrons. The number of ether oxygens (including phenoxy) is 1. The highest BCUT2D eigenvalue weighted by atomic mass is 79.9. The van der Waals surface area contributed by atoms with E-state index in [9.17, 15) is 0 Å². The second-order valence-electron chi connectivity index (χ2n) is 4.17. The zero-order valence-corrected chi connectivity index (χ0v) is 12.3. The van der Waals surface area contributed by atoms with E-state index in [2.05, 4.69) is 36.8 Å². The predicted octanol–water partition coefficient (Wildman–Crippen LogP) is 4.71. The van der Waals surface area contributed by atoms with Gasteiger partial charge in [-0.2, -0.15) is 0 Å². The summed E-state index contributed by atoms with van der Waals surface area (Å²) in [6, 6.07) is 1.97. The van der Waals surface area contributed by atoms with Crippen molar-refractivity contribution in [3.8, 4) is 5.88 Å². The van der Waals surface area contributed by atoms with E-state index in [1.165, 1.54) is 25.7 Å². The molecule has 0 atom stereocenters. The van der Waals surface area contributed by atoms with Crippen LogP contribution < -0.4 is 4.74 Å². The average Bonchev–Trinajstić information content (AvgIpc) is 2.51. The molecule has 1 saturated carbocycles. The summed E-state index contributed by atoms with van der Waals surface area (Å²) in [6.07, 6.45) is 9.67. The number of nitrogens with zero attached hydrogens (tertiary/aromatic N) is 1. The second-order valence-corrected chi connectivity index (χ2v) is 5.94. The van der Waals surface area contributed by atoms with Crippen molar-refractivity contribution in [2.24, 2.45) is 0 Å². The highest BCUT2D eigenvalue weighted by molar-refractivity contribution is 9.11. The molecule has 1 fully saturated rings. The van der Waals surface area contributed by atoms with Gasteiger partial charge in [0.15, 0.2) is 0 Å². The van der Waals surface area contributed by atoms with Crippen LogP contribution >= 0.6 is 31.9 Å². The molecule has 1 aliphatic carbocycles. The van der Waals surface area contributed by atoms with Crippen molar-refractivity contribution in [1.29, 1.82) is 0 Å². The first-order valence-electron chi connectivity index (χ1n) is 5.73. The van der Waals surface area contributed by atoms with Gasteiger partial charge in [-0.3, -0.25) is 0 Å². The molecule has 0 amide bonds. The minimum atomic E-state index is 0.340. The van der Waals surface area contributed by atoms with Crippen molar-refractivity contribution in [2.75, 3.05) is 0 Å². The monoisotopic (exact) mass is 347 g/mol. The molecule has 0 bridgehead atoms. The maximum atomic E-state index is 5.94. The van der Waals surface area contributed by atoms with Gasteiger partial charge in [-0.05, 0) is 63.6 Å². The fourth-order valence-corrected chi connectivity index (χ4v) is 3.09. The molecule has 0 saturated heterocycles. The molecule has 4 heteroatoms. The van der Waals surface area contributed by atoms with Crippen molar-refractivity contribution < 1.29 is 4.74 Å². The fourth-order valence-electron chi connectivity index (χ4n) is 2.01. The molecule has 2 rings (SSSR count). The van der Waals surface area contributed by atoms with Gasteiger partial charge in [0, 0.05) is 10.7 Å². The van der Waals surface area contributed by atoms with Crippen LogP contribution in [0.4, 0.5) is 0 Å². The molecule has 0 aliphatic heterocycles. The van der Waals surface area contributed by atoms with Crippen LogP contribution in [0, 0.1) is 0 Å². The summed E-state index contributed by atoms with van der Waals surface area (Å²) in [6.45, 7) is 0. The first kappa shape index (κ1) is 12.4. The van der Waals surface area contributed by atoms with E-state index in [0.717, 1.165) is 27.7 Å². The smallest absolute Gasteiger partial charge is 0.228 e. The number of pyridine rings is 1. The molecular formula is C12H15Br2NO. The Hall–Kier alpha value is -0.0900. The molecule has 1 aromatic rings. The molecule has 88 valence electrons. The van der Waals surface area contributed by atoms with Gasteiger partial charge < -0.3 is 4.74 Å². The van der Waals surface area contributed by atoms with Crippen molar-refractivity contribution in [1.82, 2.24) is 4.98 Å². The Morgan fingerprint density at radius 3 is 2.44 bits per heavy atom. The van der Waals surface area contributed by atoms with Crippen LogP contribution in [0.3, 0.4) is 0 Å². The Bertz CT molecular complexity index is 349. The van der Waals surface area contributed by atoms with Crippen LogP contribution in [-0.2, 0) is 0 Å². The molecule has 1 heterocycles. The standard InChI is InChI=1S/C12H15Br2NO/c13-9-7-11(14)12(15-8-9)16-10-5-3-1-2-4-6-10/h7-8,10H,1-6H2. The van der Waals surface area contributed by atoms with E-state index >= 15 is 0 Å². The normalized spacial score (nSPS) is 18.1. The van der Waals surface area contributed by atoms with Crippen molar-refractivity contribution in [3.63, 3.8) is 0 Å². The van der Waals surface area contributed by atoms with Gasteiger partial charge in [0.2, 0.25) is 5.88 Å². The van der Waals surface area contributed by atoms with Crippen LogP contribution in [0.25, 0.3) is 0 Å². The maximum Gasteiger partial charge on any atom is 0.228 e. The minimum Gasteiger partial charge on any atom is -0.474 e. The van der Waals surface area contributed by atoms with Gasteiger partial charge in [0.1, 0.15) is 6.10 Å². The van der Waals surface area contributed by atoms with Crippen LogP contribution in [0.5, 0.6) is 5.88 Å². The van der Waals surface area contributed by atoms with Gasteiger partial charge in [-0.15, -0.1) is 0 Å². The van der Waals surface area contributed by atoms with Gasteiger partial charge in [0.05, 0.1) is 4.47 Å².